The molecule has 7 heteroatoms. The van der Waals surface area contributed by atoms with Gasteiger partial charge in [-0.3, -0.25) is 0 Å². The topological polar surface area (TPSA) is 88.0 Å². The van der Waals surface area contributed by atoms with E-state index in [9.17, 15) is 14.7 Å². The van der Waals surface area contributed by atoms with E-state index in [-0.39, 0.29) is 11.6 Å². The highest BCUT2D eigenvalue weighted by Crippen LogP contribution is 2.25. The molecular formula is C18H11ClNO5-. The van der Waals surface area contributed by atoms with E-state index in [0.29, 0.717) is 21.9 Å². The maximum absolute atomic E-state index is 12.0. The van der Waals surface area contributed by atoms with Gasteiger partial charge in [-0.25, -0.2) is 9.79 Å². The summed E-state index contributed by atoms with van der Waals surface area (Å²) in [5.74, 6) is -1.53. The zero-order chi connectivity index (χ0) is 17.8. The number of carbonyl (C=O) groups is 2. The Balaban J connectivity index is 1.91. The van der Waals surface area contributed by atoms with Crippen molar-refractivity contribution in [3.63, 3.8) is 0 Å². The Hall–Kier alpha value is -3.12. The molecule has 0 unspecified atom stereocenters. The van der Waals surface area contributed by atoms with E-state index in [0.717, 1.165) is 0 Å². The van der Waals surface area contributed by atoms with E-state index in [1.54, 1.807) is 48.5 Å². The Morgan fingerprint density at radius 2 is 2.04 bits per heavy atom. The van der Waals surface area contributed by atoms with E-state index in [2.05, 4.69) is 4.99 Å². The van der Waals surface area contributed by atoms with Crippen LogP contribution in [-0.2, 0) is 14.3 Å². The van der Waals surface area contributed by atoms with Gasteiger partial charge in [0.2, 0.25) is 5.90 Å². The van der Waals surface area contributed by atoms with Crippen molar-refractivity contribution in [1.29, 1.82) is 0 Å². The molecular weight excluding hydrogens is 346 g/mol. The number of ether oxygens (including phenoxy) is 2. The number of aliphatic carboxylic acids is 1. The summed E-state index contributed by atoms with van der Waals surface area (Å²) in [4.78, 5) is 26.8. The average Bonchev–Trinajstić information content (AvgIpc) is 2.95. The lowest BCUT2D eigenvalue weighted by Gasteiger charge is -2.09. The first-order chi connectivity index (χ1) is 12.0. The van der Waals surface area contributed by atoms with E-state index in [1.165, 1.54) is 6.08 Å². The third kappa shape index (κ3) is 4.05. The van der Waals surface area contributed by atoms with Gasteiger partial charge in [-0.2, -0.15) is 0 Å². The number of nitrogens with zero attached hydrogens (tertiary/aromatic N) is 1. The van der Waals surface area contributed by atoms with E-state index < -0.39 is 18.5 Å². The van der Waals surface area contributed by atoms with Gasteiger partial charge < -0.3 is 19.4 Å². The molecule has 2 aromatic carbocycles. The number of benzene rings is 2. The predicted octanol–water partition coefficient (Wildman–Crippen LogP) is 1.81. The number of rotatable bonds is 5. The minimum absolute atomic E-state index is 0.0690. The summed E-state index contributed by atoms with van der Waals surface area (Å²) < 4.78 is 10.3. The van der Waals surface area contributed by atoms with Crippen molar-refractivity contribution in [2.75, 3.05) is 6.61 Å². The minimum Gasteiger partial charge on any atom is -0.546 e. The zero-order valence-corrected chi connectivity index (χ0v) is 13.5. The van der Waals surface area contributed by atoms with Gasteiger partial charge in [0.15, 0.2) is 5.70 Å². The van der Waals surface area contributed by atoms with Crippen molar-refractivity contribution in [2.24, 2.45) is 4.99 Å². The quantitative estimate of drug-likeness (QED) is 0.602. The van der Waals surface area contributed by atoms with Crippen LogP contribution in [0.5, 0.6) is 5.75 Å². The SMILES string of the molecule is O=C([O-])COc1ccccc1/C=C1\N=C(c2cccc(Cl)c2)OC1=O. The smallest absolute Gasteiger partial charge is 0.363 e. The molecule has 0 amide bonds. The van der Waals surface area contributed by atoms with Crippen LogP contribution in [0.3, 0.4) is 0 Å². The summed E-state index contributed by atoms with van der Waals surface area (Å²) in [6.07, 6.45) is 1.46. The van der Waals surface area contributed by atoms with Crippen LogP contribution in [0, 0.1) is 0 Å². The lowest BCUT2D eigenvalue weighted by atomic mass is 10.1. The van der Waals surface area contributed by atoms with Gasteiger partial charge in [0.05, 0.1) is 5.97 Å². The number of aliphatic imine (C=N–C) groups is 1. The van der Waals surface area contributed by atoms with Crippen molar-refractivity contribution >= 4 is 35.5 Å². The fraction of sp³-hybridized carbons (Fsp3) is 0.0556. The second-order valence-electron chi connectivity index (χ2n) is 5.04. The molecule has 0 atom stereocenters. The van der Waals surface area contributed by atoms with Crippen molar-refractivity contribution in [3.8, 4) is 5.75 Å². The van der Waals surface area contributed by atoms with Gasteiger partial charge in [-0.15, -0.1) is 0 Å². The van der Waals surface area contributed by atoms with E-state index in [1.807, 2.05) is 0 Å². The Morgan fingerprint density at radius 3 is 2.80 bits per heavy atom. The maximum atomic E-state index is 12.0. The fourth-order valence-corrected chi connectivity index (χ4v) is 2.36. The fourth-order valence-electron chi connectivity index (χ4n) is 2.17. The number of para-hydroxylation sites is 1. The van der Waals surface area contributed by atoms with Gasteiger partial charge in [-0.05, 0) is 30.3 Å². The number of carboxylic acids is 1. The number of halogens is 1. The summed E-state index contributed by atoms with van der Waals surface area (Å²) in [5.41, 5.74) is 1.14. The van der Waals surface area contributed by atoms with Gasteiger partial charge in [0.1, 0.15) is 12.4 Å². The highest BCUT2D eigenvalue weighted by molar-refractivity contribution is 6.31. The molecule has 1 heterocycles. The standard InChI is InChI=1S/C18H12ClNO5/c19-13-6-3-5-12(8-13)17-20-14(18(23)25-17)9-11-4-1-2-7-15(11)24-10-16(21)22/h1-9H,10H2,(H,21,22)/p-1/b14-9-. The van der Waals surface area contributed by atoms with Crippen molar-refractivity contribution in [3.05, 3.63) is 70.4 Å². The number of hydrogen-bond acceptors (Lipinski definition) is 6. The van der Waals surface area contributed by atoms with Crippen LogP contribution in [0.1, 0.15) is 11.1 Å². The first kappa shape index (κ1) is 16.7. The van der Waals surface area contributed by atoms with Gasteiger partial charge in [0.25, 0.3) is 0 Å². The molecule has 0 radical (unpaired) electrons. The molecule has 0 aliphatic carbocycles. The lowest BCUT2D eigenvalue weighted by molar-refractivity contribution is -0.307. The second kappa shape index (κ2) is 7.19. The second-order valence-corrected chi connectivity index (χ2v) is 5.48. The summed E-state index contributed by atoms with van der Waals surface area (Å²) >= 11 is 5.93. The molecule has 25 heavy (non-hydrogen) atoms. The number of carboxylic acid groups (broad SMARTS) is 1. The van der Waals surface area contributed by atoms with Crippen LogP contribution in [0.15, 0.2) is 59.2 Å². The molecule has 0 fully saturated rings. The largest absolute Gasteiger partial charge is 0.546 e. The molecule has 2 aromatic rings. The summed E-state index contributed by atoms with van der Waals surface area (Å²) in [5, 5.41) is 11.0. The van der Waals surface area contributed by atoms with E-state index >= 15 is 0 Å². The number of hydrogen-bond donors (Lipinski definition) is 0. The zero-order valence-electron chi connectivity index (χ0n) is 12.8. The van der Waals surface area contributed by atoms with Crippen molar-refractivity contribution in [1.82, 2.24) is 0 Å². The van der Waals surface area contributed by atoms with E-state index in [4.69, 9.17) is 21.1 Å². The first-order valence-corrected chi connectivity index (χ1v) is 7.61. The molecule has 1 aliphatic rings. The normalized spacial score (nSPS) is 15.0. The molecule has 0 N–H and O–H groups in total. The monoisotopic (exact) mass is 356 g/mol. The van der Waals surface area contributed by atoms with Crippen LogP contribution < -0.4 is 9.84 Å². The molecule has 0 bridgehead atoms. The predicted molar refractivity (Wildman–Crippen MR) is 89.0 cm³/mol. The Kier molecular flexibility index (Phi) is 4.81. The highest BCUT2D eigenvalue weighted by atomic mass is 35.5. The average molecular weight is 357 g/mol. The molecule has 0 saturated carbocycles. The van der Waals surface area contributed by atoms with Crippen LogP contribution in [0.2, 0.25) is 5.02 Å². The third-order valence-electron chi connectivity index (χ3n) is 3.25. The van der Waals surface area contributed by atoms with Gasteiger partial charge in [0, 0.05) is 16.1 Å². The van der Waals surface area contributed by atoms with Crippen LogP contribution in [0.4, 0.5) is 0 Å². The van der Waals surface area contributed by atoms with Gasteiger partial charge in [-0.1, -0.05) is 35.9 Å². The maximum Gasteiger partial charge on any atom is 0.363 e. The van der Waals surface area contributed by atoms with Crippen LogP contribution >= 0.6 is 11.6 Å². The number of carbonyl (C=O) groups excluding carboxylic acids is 2. The number of cyclic esters (lactones) is 1. The van der Waals surface area contributed by atoms with Crippen LogP contribution in [-0.4, -0.2) is 24.4 Å². The third-order valence-corrected chi connectivity index (χ3v) is 3.48. The molecule has 0 spiro atoms. The summed E-state index contributed by atoms with van der Waals surface area (Å²) in [6.45, 7) is -0.596. The lowest BCUT2D eigenvalue weighted by Crippen LogP contribution is -2.29. The molecule has 3 rings (SSSR count). The minimum atomic E-state index is -1.34. The molecule has 126 valence electrons. The number of esters is 1. The Morgan fingerprint density at radius 1 is 1.24 bits per heavy atom. The Bertz CT molecular complexity index is 904. The molecule has 6 nitrogen and oxygen atoms in total. The van der Waals surface area contributed by atoms with Gasteiger partial charge >= 0.3 is 5.97 Å². The summed E-state index contributed by atoms with van der Waals surface area (Å²) in [7, 11) is 0. The molecule has 0 aromatic heterocycles. The first-order valence-electron chi connectivity index (χ1n) is 7.23. The Labute approximate surface area is 148 Å². The van der Waals surface area contributed by atoms with Crippen molar-refractivity contribution < 1.29 is 24.2 Å². The van der Waals surface area contributed by atoms with Crippen LogP contribution in [0.25, 0.3) is 6.08 Å². The highest BCUT2D eigenvalue weighted by Gasteiger charge is 2.24. The molecule has 0 saturated heterocycles. The summed E-state index contributed by atoms with van der Waals surface area (Å²) in [6, 6.07) is 13.4. The molecule has 1 aliphatic heterocycles. The van der Waals surface area contributed by atoms with Crippen molar-refractivity contribution in [2.45, 2.75) is 0 Å².